The zero-order valence-electron chi connectivity index (χ0n) is 12.9. The first-order chi connectivity index (χ1) is 9.81. The molecule has 1 amide bonds. The van der Waals surface area contributed by atoms with Crippen molar-refractivity contribution in [1.82, 2.24) is 10.3 Å². The number of pyridine rings is 1. The van der Waals surface area contributed by atoms with Crippen molar-refractivity contribution in [2.24, 2.45) is 0 Å². The van der Waals surface area contributed by atoms with Gasteiger partial charge in [-0.25, -0.2) is 9.59 Å². The number of amides is 1. The molecule has 1 aromatic rings. The largest absolute Gasteiger partial charge is 0.464 e. The number of alkyl carbamates (subject to hydrolysis) is 1. The van der Waals surface area contributed by atoms with Crippen LogP contribution >= 0.6 is 0 Å². The summed E-state index contributed by atoms with van der Waals surface area (Å²) in [5, 5.41) is 2.55. The second kappa shape index (κ2) is 7.61. The molecule has 0 bridgehead atoms. The van der Waals surface area contributed by atoms with Crippen LogP contribution < -0.4 is 5.32 Å². The molecule has 1 heterocycles. The summed E-state index contributed by atoms with van der Waals surface area (Å²) in [5.41, 5.74) is 0.249. The van der Waals surface area contributed by atoms with E-state index in [4.69, 9.17) is 9.47 Å². The third kappa shape index (κ3) is 6.74. The Hall–Kier alpha value is -2.11. The highest BCUT2D eigenvalue weighted by Crippen LogP contribution is 2.09. The van der Waals surface area contributed by atoms with E-state index in [0.717, 1.165) is 5.56 Å². The maximum absolute atomic E-state index is 11.9. The average Bonchev–Trinajstić information content (AvgIpc) is 2.37. The van der Waals surface area contributed by atoms with Gasteiger partial charge < -0.3 is 14.8 Å². The molecule has 0 aliphatic heterocycles. The molecule has 6 heteroatoms. The molecule has 1 N–H and O–H groups in total. The Bertz CT molecular complexity index is 468. The van der Waals surface area contributed by atoms with Gasteiger partial charge in [0.2, 0.25) is 0 Å². The minimum atomic E-state index is -0.790. The Morgan fingerprint density at radius 2 is 1.90 bits per heavy atom. The van der Waals surface area contributed by atoms with E-state index in [1.165, 1.54) is 0 Å². The summed E-state index contributed by atoms with van der Waals surface area (Å²) >= 11 is 0. The topological polar surface area (TPSA) is 77.5 Å². The molecule has 6 nitrogen and oxygen atoms in total. The number of nitrogens with one attached hydrogen (secondary N) is 1. The molecule has 1 aromatic heterocycles. The summed E-state index contributed by atoms with van der Waals surface area (Å²) in [6.45, 7) is 7.25. The lowest BCUT2D eigenvalue weighted by Crippen LogP contribution is -2.45. The van der Waals surface area contributed by atoms with E-state index < -0.39 is 23.7 Å². The fraction of sp³-hybridized carbons (Fsp3) is 0.533. The summed E-state index contributed by atoms with van der Waals surface area (Å²) in [4.78, 5) is 27.7. The Kier molecular flexibility index (Phi) is 6.14. The zero-order chi connectivity index (χ0) is 15.9. The lowest BCUT2D eigenvalue weighted by molar-refractivity contribution is -0.145. The maximum Gasteiger partial charge on any atom is 0.408 e. The minimum Gasteiger partial charge on any atom is -0.464 e. The molecule has 1 atom stereocenters. The highest BCUT2D eigenvalue weighted by Gasteiger charge is 2.25. The first kappa shape index (κ1) is 16.9. The molecule has 0 aliphatic carbocycles. The molecule has 0 spiro atoms. The number of ether oxygens (including phenoxy) is 2. The summed E-state index contributed by atoms with van der Waals surface area (Å²) < 4.78 is 10.1. The third-order valence-electron chi connectivity index (χ3n) is 2.45. The van der Waals surface area contributed by atoms with Gasteiger partial charge in [0.15, 0.2) is 0 Å². The standard InChI is InChI=1S/C15H22N2O4/c1-5-20-13(18)12(10-11-6-8-16-9-7-11)17-14(19)21-15(2,3)4/h6-9,12H,5,10H2,1-4H3,(H,17,19)/t12-/m1/s1. The SMILES string of the molecule is CCOC(=O)[C@@H](Cc1ccncc1)NC(=O)OC(C)(C)C. The third-order valence-corrected chi connectivity index (χ3v) is 2.45. The molecule has 21 heavy (non-hydrogen) atoms. The van der Waals surface area contributed by atoms with E-state index in [9.17, 15) is 9.59 Å². The summed E-state index contributed by atoms with van der Waals surface area (Å²) in [7, 11) is 0. The van der Waals surface area contributed by atoms with Crippen LogP contribution in [0.25, 0.3) is 0 Å². The van der Waals surface area contributed by atoms with Crippen molar-refractivity contribution in [2.75, 3.05) is 6.61 Å². The molecule has 1 rings (SSSR count). The number of aromatic nitrogens is 1. The number of nitrogens with zero attached hydrogens (tertiary/aromatic N) is 1. The number of rotatable bonds is 5. The molecule has 0 aromatic carbocycles. The quantitative estimate of drug-likeness (QED) is 0.841. The van der Waals surface area contributed by atoms with Crippen LogP contribution in [0.2, 0.25) is 0 Å². The van der Waals surface area contributed by atoms with Crippen molar-refractivity contribution in [3.63, 3.8) is 0 Å². The molecule has 0 saturated carbocycles. The van der Waals surface area contributed by atoms with Gasteiger partial charge in [-0.15, -0.1) is 0 Å². The van der Waals surface area contributed by atoms with E-state index >= 15 is 0 Å². The van der Waals surface area contributed by atoms with Crippen LogP contribution in [0.1, 0.15) is 33.3 Å². The highest BCUT2D eigenvalue weighted by molar-refractivity contribution is 5.81. The van der Waals surface area contributed by atoms with Crippen LogP contribution in [0.5, 0.6) is 0 Å². The fourth-order valence-electron chi connectivity index (χ4n) is 1.64. The monoisotopic (exact) mass is 294 g/mol. The van der Waals surface area contributed by atoms with Crippen LogP contribution in [-0.2, 0) is 20.7 Å². The number of carbonyl (C=O) groups is 2. The maximum atomic E-state index is 11.9. The Morgan fingerprint density at radius 3 is 2.43 bits per heavy atom. The van der Waals surface area contributed by atoms with Crippen LogP contribution in [0.3, 0.4) is 0 Å². The van der Waals surface area contributed by atoms with Gasteiger partial charge in [-0.3, -0.25) is 4.98 Å². The normalized spacial score (nSPS) is 12.4. The van der Waals surface area contributed by atoms with Gasteiger partial charge in [0.1, 0.15) is 11.6 Å². The molecule has 0 fully saturated rings. The predicted molar refractivity (Wildman–Crippen MR) is 77.7 cm³/mol. The van der Waals surface area contributed by atoms with Gasteiger partial charge in [-0.1, -0.05) is 0 Å². The van der Waals surface area contributed by atoms with E-state index in [0.29, 0.717) is 6.42 Å². The minimum absolute atomic E-state index is 0.252. The summed E-state index contributed by atoms with van der Waals surface area (Å²) in [5.74, 6) is -0.486. The van der Waals surface area contributed by atoms with Crippen molar-refractivity contribution in [1.29, 1.82) is 0 Å². The lowest BCUT2D eigenvalue weighted by atomic mass is 10.1. The van der Waals surface area contributed by atoms with Crippen molar-refractivity contribution < 1.29 is 19.1 Å². The van der Waals surface area contributed by atoms with Gasteiger partial charge in [0.25, 0.3) is 0 Å². The van der Waals surface area contributed by atoms with E-state index in [2.05, 4.69) is 10.3 Å². The molecule has 0 aliphatic rings. The number of hydrogen-bond donors (Lipinski definition) is 1. The molecule has 116 valence electrons. The summed E-state index contributed by atoms with van der Waals surface area (Å²) in [6, 6.07) is 2.77. The van der Waals surface area contributed by atoms with Crippen molar-refractivity contribution in [2.45, 2.75) is 45.8 Å². The lowest BCUT2D eigenvalue weighted by Gasteiger charge is -2.22. The second-order valence-corrected chi connectivity index (χ2v) is 5.51. The van der Waals surface area contributed by atoms with Gasteiger partial charge in [-0.05, 0) is 45.4 Å². The Balaban J connectivity index is 2.73. The fourth-order valence-corrected chi connectivity index (χ4v) is 1.64. The highest BCUT2D eigenvalue weighted by atomic mass is 16.6. The van der Waals surface area contributed by atoms with Crippen molar-refractivity contribution >= 4 is 12.1 Å². The van der Waals surface area contributed by atoms with Gasteiger partial charge in [0.05, 0.1) is 6.61 Å². The van der Waals surface area contributed by atoms with E-state index in [1.54, 1.807) is 52.2 Å². The Morgan fingerprint density at radius 1 is 1.29 bits per heavy atom. The smallest absolute Gasteiger partial charge is 0.408 e. The molecule has 0 saturated heterocycles. The molecular weight excluding hydrogens is 272 g/mol. The van der Waals surface area contributed by atoms with Crippen LogP contribution in [0.4, 0.5) is 4.79 Å². The van der Waals surface area contributed by atoms with Crippen LogP contribution in [-0.4, -0.2) is 35.3 Å². The van der Waals surface area contributed by atoms with Crippen LogP contribution in [0.15, 0.2) is 24.5 Å². The van der Waals surface area contributed by atoms with Crippen LogP contribution in [0, 0.1) is 0 Å². The van der Waals surface area contributed by atoms with Gasteiger partial charge >= 0.3 is 12.1 Å². The first-order valence-electron chi connectivity index (χ1n) is 6.87. The predicted octanol–water partition coefficient (Wildman–Crippen LogP) is 2.08. The van der Waals surface area contributed by atoms with Crippen molar-refractivity contribution in [3.05, 3.63) is 30.1 Å². The van der Waals surface area contributed by atoms with Crippen molar-refractivity contribution in [3.8, 4) is 0 Å². The summed E-state index contributed by atoms with van der Waals surface area (Å²) in [6.07, 6.45) is 2.94. The number of esters is 1. The average molecular weight is 294 g/mol. The first-order valence-corrected chi connectivity index (χ1v) is 6.87. The van der Waals surface area contributed by atoms with Gasteiger partial charge in [0, 0.05) is 18.8 Å². The van der Waals surface area contributed by atoms with E-state index in [-0.39, 0.29) is 6.61 Å². The van der Waals surface area contributed by atoms with E-state index in [1.807, 2.05) is 0 Å². The zero-order valence-corrected chi connectivity index (χ0v) is 12.9. The molecular formula is C15H22N2O4. The Labute approximate surface area is 124 Å². The number of carbonyl (C=O) groups excluding carboxylic acids is 2. The second-order valence-electron chi connectivity index (χ2n) is 5.51. The van der Waals surface area contributed by atoms with Gasteiger partial charge in [-0.2, -0.15) is 0 Å². The molecule has 0 unspecified atom stereocenters. The number of hydrogen-bond acceptors (Lipinski definition) is 5. The molecule has 0 radical (unpaired) electrons.